The van der Waals surface area contributed by atoms with Crippen LogP contribution < -0.4 is 25.0 Å². The van der Waals surface area contributed by atoms with Gasteiger partial charge in [0.2, 0.25) is 11.8 Å². The van der Waals surface area contributed by atoms with Crippen LogP contribution in [0.5, 0.6) is 5.88 Å². The molecule has 4 bridgehead atoms. The number of pyridine rings is 2. The fraction of sp³-hybridized carbons (Fsp3) is 0.531. The molecule has 1 saturated carbocycles. The van der Waals surface area contributed by atoms with Crippen molar-refractivity contribution in [3.63, 3.8) is 0 Å². The molecule has 3 aromatic heterocycles. The molecule has 0 radical (unpaired) electrons. The summed E-state index contributed by atoms with van der Waals surface area (Å²) < 4.78 is 76.0. The van der Waals surface area contributed by atoms with Crippen molar-refractivity contribution in [2.75, 3.05) is 36.0 Å². The fourth-order valence-corrected chi connectivity index (χ4v) is 7.64. The van der Waals surface area contributed by atoms with Crippen LogP contribution in [-0.2, 0) is 14.8 Å². The number of nitrogens with two attached hydrogens (primary N) is 1. The number of hydrogen-bond acceptors (Lipinski definition) is 10. The highest BCUT2D eigenvalue weighted by atomic mass is 32.2. The van der Waals surface area contributed by atoms with Crippen LogP contribution in [0.15, 0.2) is 47.6 Å². The molecular weight excluding hydrogens is 665 g/mol. The second-order valence-electron chi connectivity index (χ2n) is 13.6. The van der Waals surface area contributed by atoms with Gasteiger partial charge in [0, 0.05) is 43.9 Å². The molecule has 5 heterocycles. The summed E-state index contributed by atoms with van der Waals surface area (Å²) in [5, 5.41) is 3.99. The number of primary amides is 1. The van der Waals surface area contributed by atoms with Crippen molar-refractivity contribution in [2.45, 2.75) is 75.5 Å². The third-order valence-corrected chi connectivity index (χ3v) is 10.8. The predicted molar refractivity (Wildman–Crippen MR) is 173 cm³/mol. The topological polar surface area (TPSA) is 166 Å². The number of carbonyl (C=O) groups excluding carboxylic acids is 2. The van der Waals surface area contributed by atoms with Gasteiger partial charge < -0.3 is 20.3 Å². The first-order valence-electron chi connectivity index (χ1n) is 16.2. The van der Waals surface area contributed by atoms with Gasteiger partial charge in [-0.25, -0.2) is 19.4 Å². The quantitative estimate of drug-likeness (QED) is 0.351. The minimum absolute atomic E-state index is 0.0284. The highest BCUT2D eigenvalue weighted by molar-refractivity contribution is 7.90. The van der Waals surface area contributed by atoms with Crippen LogP contribution in [0.4, 0.5) is 24.8 Å². The summed E-state index contributed by atoms with van der Waals surface area (Å²) in [6.45, 7) is 5.22. The average molecular weight is 705 g/mol. The number of rotatable bonds is 8. The average Bonchev–Trinajstić information content (AvgIpc) is 3.58. The Morgan fingerprint density at radius 3 is 2.61 bits per heavy atom. The monoisotopic (exact) mass is 704 g/mol. The van der Waals surface area contributed by atoms with Crippen LogP contribution >= 0.6 is 0 Å². The minimum atomic E-state index is -4.43. The summed E-state index contributed by atoms with van der Waals surface area (Å²) in [5.41, 5.74) is 3.29. The van der Waals surface area contributed by atoms with Crippen LogP contribution in [0.1, 0.15) is 69.2 Å². The molecule has 0 aromatic carbocycles. The number of nitrogens with zero attached hydrogens (tertiary/aromatic N) is 6. The molecule has 17 heteroatoms. The van der Waals surface area contributed by atoms with Crippen molar-refractivity contribution in [2.24, 2.45) is 17.1 Å². The van der Waals surface area contributed by atoms with Gasteiger partial charge in [-0.05, 0) is 82.6 Å². The van der Waals surface area contributed by atoms with E-state index < -0.39 is 39.0 Å². The summed E-state index contributed by atoms with van der Waals surface area (Å²) in [7, 11) is -4.43. The number of alkyl halides is 3. The molecule has 1 atom stereocenters. The molecule has 0 unspecified atom stereocenters. The Kier molecular flexibility index (Phi) is 9.00. The molecule has 2 fully saturated rings. The van der Waals surface area contributed by atoms with Crippen molar-refractivity contribution < 1.29 is 35.9 Å². The van der Waals surface area contributed by atoms with Gasteiger partial charge in [-0.2, -0.15) is 21.6 Å². The third-order valence-electron chi connectivity index (χ3n) is 9.61. The van der Waals surface area contributed by atoms with Crippen molar-refractivity contribution in [3.8, 4) is 11.7 Å². The van der Waals surface area contributed by atoms with E-state index in [4.69, 9.17) is 15.5 Å². The molecular formula is C32H39F3N8O5S. The van der Waals surface area contributed by atoms with Crippen LogP contribution in [0, 0.1) is 11.3 Å². The lowest BCUT2D eigenvalue weighted by atomic mass is 9.93. The number of sulfonamides is 1. The summed E-state index contributed by atoms with van der Waals surface area (Å²) in [5.74, 6) is -0.146. The van der Waals surface area contributed by atoms with E-state index in [1.165, 1.54) is 35.0 Å². The van der Waals surface area contributed by atoms with Crippen LogP contribution in [0.25, 0.3) is 5.82 Å². The zero-order chi connectivity index (χ0) is 35.2. The molecule has 6 rings (SSSR count). The molecule has 1 aliphatic carbocycles. The zero-order valence-electron chi connectivity index (χ0n) is 27.2. The third kappa shape index (κ3) is 7.31. The van der Waals surface area contributed by atoms with Gasteiger partial charge in [-0.3, -0.25) is 9.59 Å². The summed E-state index contributed by atoms with van der Waals surface area (Å²) in [6, 6.07) is 8.96. The van der Waals surface area contributed by atoms with E-state index in [1.54, 1.807) is 12.3 Å². The van der Waals surface area contributed by atoms with Crippen LogP contribution in [0.3, 0.4) is 0 Å². The first kappa shape index (κ1) is 34.5. The fourth-order valence-electron chi connectivity index (χ4n) is 6.71. The largest absolute Gasteiger partial charge is 0.477 e. The Bertz CT molecular complexity index is 1840. The maximum atomic E-state index is 13.7. The number of ether oxygens (including phenoxy) is 1. The highest BCUT2D eigenvalue weighted by Gasteiger charge is 2.62. The lowest BCUT2D eigenvalue weighted by molar-refractivity contribution is -0.190. The van der Waals surface area contributed by atoms with Crippen molar-refractivity contribution >= 4 is 33.5 Å². The van der Waals surface area contributed by atoms with Gasteiger partial charge in [-0.1, -0.05) is 6.07 Å². The van der Waals surface area contributed by atoms with E-state index in [9.17, 15) is 31.2 Å². The number of carbonyl (C=O) groups is 2. The Morgan fingerprint density at radius 1 is 1.12 bits per heavy atom. The second kappa shape index (κ2) is 12.8. The molecule has 49 heavy (non-hydrogen) atoms. The second-order valence-corrected chi connectivity index (χ2v) is 15.3. The minimum Gasteiger partial charge on any atom is -0.477 e. The van der Waals surface area contributed by atoms with Gasteiger partial charge in [0.15, 0.2) is 10.8 Å². The number of hydrogen-bond donors (Lipinski definition) is 2. The number of halogens is 3. The van der Waals surface area contributed by atoms with Gasteiger partial charge >= 0.3 is 6.18 Å². The standard InChI is InChI=1S/C32H39F3N8O5S/c1-30(2)19-21-5-4-15-41(16-10-23(36)44)24-6-3-7-27(37-24)49(46,47)40-29(45)22-8-9-25(38-28(22)42(30)20-21)43-17-11-26(39-43)48-18-14-31(12-13-31)32(33,34)35/h3,6-9,11,17,21H,4-5,10,12-16,18-20H2,1-2H3,(H2,36,44)(H,40,45)/t21-/m0/s1. The van der Waals surface area contributed by atoms with Gasteiger partial charge in [0.1, 0.15) is 11.6 Å². The molecule has 13 nitrogen and oxygen atoms in total. The summed E-state index contributed by atoms with van der Waals surface area (Å²) >= 11 is 0. The van der Waals surface area contributed by atoms with Gasteiger partial charge in [0.05, 0.1) is 17.6 Å². The van der Waals surface area contributed by atoms with E-state index in [0.717, 1.165) is 19.3 Å². The summed E-state index contributed by atoms with van der Waals surface area (Å²) in [6.07, 6.45) is -0.325. The first-order chi connectivity index (χ1) is 23.1. The van der Waals surface area contributed by atoms with Gasteiger partial charge in [0.25, 0.3) is 15.9 Å². The highest BCUT2D eigenvalue weighted by Crippen LogP contribution is 2.59. The number of fused-ring (bicyclic) bond motifs is 6. The van der Waals surface area contributed by atoms with E-state index >= 15 is 0 Å². The van der Waals surface area contributed by atoms with Gasteiger partial charge in [-0.15, -0.1) is 5.10 Å². The molecule has 264 valence electrons. The normalized spacial score (nSPS) is 21.2. The number of aromatic nitrogens is 4. The van der Waals surface area contributed by atoms with E-state index in [-0.39, 0.29) is 67.0 Å². The predicted octanol–water partition coefficient (Wildman–Crippen LogP) is 3.97. The van der Waals surface area contributed by atoms with Crippen LogP contribution in [0.2, 0.25) is 0 Å². The molecule has 3 aliphatic rings. The smallest absolute Gasteiger partial charge is 0.394 e. The lowest BCUT2D eigenvalue weighted by Gasteiger charge is -2.34. The molecule has 0 spiro atoms. The van der Waals surface area contributed by atoms with Crippen molar-refractivity contribution in [1.29, 1.82) is 0 Å². The summed E-state index contributed by atoms with van der Waals surface area (Å²) in [4.78, 5) is 38.3. The molecule has 3 aromatic rings. The maximum absolute atomic E-state index is 13.7. The zero-order valence-corrected chi connectivity index (χ0v) is 28.1. The Labute approximate surface area is 282 Å². The number of anilines is 2. The van der Waals surface area contributed by atoms with E-state index in [2.05, 4.69) is 14.8 Å². The Morgan fingerprint density at radius 2 is 1.90 bits per heavy atom. The lowest BCUT2D eigenvalue weighted by Crippen LogP contribution is -2.41. The molecule has 2 amide bonds. The van der Waals surface area contributed by atoms with E-state index in [1.807, 2.05) is 23.6 Å². The Balaban J connectivity index is 1.30. The molecule has 3 N–H and O–H groups in total. The number of nitrogens with one attached hydrogen (secondary N) is 1. The number of amides is 2. The van der Waals surface area contributed by atoms with E-state index in [0.29, 0.717) is 24.7 Å². The van der Waals surface area contributed by atoms with Crippen molar-refractivity contribution in [1.82, 2.24) is 24.5 Å². The molecule has 1 saturated heterocycles. The first-order valence-corrected chi connectivity index (χ1v) is 17.7. The SMILES string of the molecule is CC1(C)C[C@@H]2CCCN(CCC(N)=O)c3cccc(n3)S(=O)(=O)NC(=O)c3ccc(-n4ccc(OCCC5(C(F)(F)F)CC5)n4)nc3N1C2. The van der Waals surface area contributed by atoms with Crippen LogP contribution in [-0.4, -0.2) is 77.9 Å². The maximum Gasteiger partial charge on any atom is 0.394 e. The molecule has 2 aliphatic heterocycles. The Hall–Kier alpha value is -4.41. The van der Waals surface area contributed by atoms with Crippen molar-refractivity contribution in [3.05, 3.63) is 48.2 Å².